The Kier molecular flexibility index (Phi) is 5.77. The molecule has 1 N–H and O–H groups in total. The molecular weight excluding hydrogens is 352 g/mol. The summed E-state index contributed by atoms with van der Waals surface area (Å²) in [5.74, 6) is 1.11. The molecule has 0 saturated carbocycles. The Balaban J connectivity index is 1.66. The van der Waals surface area contributed by atoms with Gasteiger partial charge < -0.3 is 14.8 Å². The molecule has 0 unspecified atom stereocenters. The second kappa shape index (κ2) is 8.41. The van der Waals surface area contributed by atoms with Gasteiger partial charge in [-0.25, -0.2) is 0 Å². The van der Waals surface area contributed by atoms with Gasteiger partial charge in [0.15, 0.2) is 0 Å². The summed E-state index contributed by atoms with van der Waals surface area (Å²) >= 11 is 6.00. The number of fused-ring (bicyclic) bond motifs is 1. The number of benzene rings is 2. The molecule has 132 valence electrons. The average Bonchev–Trinajstić information content (AvgIpc) is 2.65. The smallest absolute Gasteiger partial charge is 0.255 e. The normalized spacial score (nSPS) is 12.2. The molecule has 26 heavy (non-hydrogen) atoms. The maximum Gasteiger partial charge on any atom is 0.255 e. The van der Waals surface area contributed by atoms with E-state index in [1.54, 1.807) is 42.5 Å². The predicted octanol–water partition coefficient (Wildman–Crippen LogP) is 4.44. The largest absolute Gasteiger partial charge is 0.493 e. The number of nitriles is 1. The van der Waals surface area contributed by atoms with Gasteiger partial charge in [-0.15, -0.1) is 0 Å². The molecule has 2 aromatic carbocycles. The molecule has 2 aromatic rings. The molecule has 1 aliphatic rings. The molecule has 0 aliphatic carbocycles. The molecule has 0 spiro atoms. The van der Waals surface area contributed by atoms with Crippen molar-refractivity contribution in [2.75, 3.05) is 18.5 Å². The number of halogens is 1. The molecule has 0 aromatic heterocycles. The van der Waals surface area contributed by atoms with Crippen LogP contribution in [0, 0.1) is 11.3 Å². The molecule has 6 heteroatoms. The van der Waals surface area contributed by atoms with Gasteiger partial charge in [0.05, 0.1) is 18.2 Å². The van der Waals surface area contributed by atoms with Crippen LogP contribution in [0.15, 0.2) is 48.0 Å². The summed E-state index contributed by atoms with van der Waals surface area (Å²) in [4.78, 5) is 12.5. The van der Waals surface area contributed by atoms with Gasteiger partial charge in [-0.05, 0) is 42.8 Å². The molecular formula is C20H17ClN2O3. The van der Waals surface area contributed by atoms with E-state index >= 15 is 0 Å². The van der Waals surface area contributed by atoms with Crippen LogP contribution >= 0.6 is 11.6 Å². The minimum Gasteiger partial charge on any atom is -0.493 e. The van der Waals surface area contributed by atoms with Gasteiger partial charge in [-0.3, -0.25) is 4.79 Å². The number of carbonyl (C=O) groups excluding carboxylic acids is 1. The highest BCUT2D eigenvalue weighted by molar-refractivity contribution is 6.30. The topological polar surface area (TPSA) is 71.3 Å². The van der Waals surface area contributed by atoms with E-state index in [0.717, 1.165) is 5.56 Å². The minimum atomic E-state index is -0.239. The summed E-state index contributed by atoms with van der Waals surface area (Å²) < 4.78 is 11.2. The number of carbonyl (C=O) groups is 1. The number of unbranched alkanes of at least 4 members (excludes halogenated alkanes) is 1. The standard InChI is InChI=1S/C20H17ClN2O3/c21-16-6-7-19-14(11-16)10-15(13-26-19)20(24)23-17-4-3-5-18(12-17)25-9-2-1-8-22/h3-7,10-12H,1-2,9,13H2,(H,23,24). The Morgan fingerprint density at radius 2 is 2.19 bits per heavy atom. The van der Waals surface area contributed by atoms with Crippen LogP contribution in [-0.4, -0.2) is 19.1 Å². The summed E-state index contributed by atoms with van der Waals surface area (Å²) in [6, 6.07) is 14.5. The van der Waals surface area contributed by atoms with Crippen molar-refractivity contribution in [1.82, 2.24) is 0 Å². The van der Waals surface area contributed by atoms with E-state index in [0.29, 0.717) is 47.2 Å². The molecule has 1 amide bonds. The fourth-order valence-corrected chi connectivity index (χ4v) is 2.68. The molecule has 0 radical (unpaired) electrons. The number of nitrogens with zero attached hydrogens (tertiary/aromatic N) is 1. The van der Waals surface area contributed by atoms with Crippen molar-refractivity contribution in [2.45, 2.75) is 12.8 Å². The Morgan fingerprint density at radius 1 is 1.31 bits per heavy atom. The Hall–Kier alpha value is -2.97. The highest BCUT2D eigenvalue weighted by Gasteiger charge is 2.17. The zero-order valence-corrected chi connectivity index (χ0v) is 14.8. The van der Waals surface area contributed by atoms with E-state index in [4.69, 9.17) is 26.3 Å². The lowest BCUT2D eigenvalue weighted by Crippen LogP contribution is -2.21. The van der Waals surface area contributed by atoms with E-state index < -0.39 is 0 Å². The molecule has 3 rings (SSSR count). The van der Waals surface area contributed by atoms with Crippen LogP contribution in [0.3, 0.4) is 0 Å². The van der Waals surface area contributed by atoms with Crippen molar-refractivity contribution >= 4 is 29.3 Å². The Bertz CT molecular complexity index is 887. The number of rotatable bonds is 6. The summed E-state index contributed by atoms with van der Waals surface area (Å²) in [5, 5.41) is 12.0. The molecule has 0 bridgehead atoms. The zero-order valence-electron chi connectivity index (χ0n) is 14.0. The third-order valence-corrected chi connectivity index (χ3v) is 4.01. The number of anilines is 1. The van der Waals surface area contributed by atoms with E-state index in [-0.39, 0.29) is 12.5 Å². The van der Waals surface area contributed by atoms with Gasteiger partial charge in [0.1, 0.15) is 18.1 Å². The monoisotopic (exact) mass is 368 g/mol. The summed E-state index contributed by atoms with van der Waals surface area (Å²) in [6.07, 6.45) is 2.90. The Morgan fingerprint density at radius 3 is 3.04 bits per heavy atom. The van der Waals surface area contributed by atoms with Crippen LogP contribution in [0.5, 0.6) is 11.5 Å². The molecule has 0 saturated heterocycles. The van der Waals surface area contributed by atoms with Crippen LogP contribution in [0.4, 0.5) is 5.69 Å². The third-order valence-electron chi connectivity index (χ3n) is 3.77. The minimum absolute atomic E-state index is 0.199. The van der Waals surface area contributed by atoms with Crippen molar-refractivity contribution in [3.05, 3.63) is 58.6 Å². The van der Waals surface area contributed by atoms with Crippen molar-refractivity contribution in [1.29, 1.82) is 5.26 Å². The second-order valence-electron chi connectivity index (χ2n) is 5.73. The SMILES string of the molecule is N#CCCCOc1cccc(NC(=O)C2=Cc3cc(Cl)ccc3OC2)c1. The van der Waals surface area contributed by atoms with E-state index in [9.17, 15) is 4.79 Å². The first-order valence-corrected chi connectivity index (χ1v) is 8.57. The molecule has 1 heterocycles. The van der Waals surface area contributed by atoms with Crippen LogP contribution in [-0.2, 0) is 4.79 Å². The van der Waals surface area contributed by atoms with Crippen molar-refractivity contribution in [3.63, 3.8) is 0 Å². The van der Waals surface area contributed by atoms with E-state index in [2.05, 4.69) is 11.4 Å². The number of nitrogens with one attached hydrogen (secondary N) is 1. The van der Waals surface area contributed by atoms with Gasteiger partial charge in [0.25, 0.3) is 5.91 Å². The third kappa shape index (κ3) is 4.56. The lowest BCUT2D eigenvalue weighted by molar-refractivity contribution is -0.113. The quantitative estimate of drug-likeness (QED) is 0.765. The van der Waals surface area contributed by atoms with Crippen molar-refractivity contribution in [3.8, 4) is 17.6 Å². The average molecular weight is 369 g/mol. The van der Waals surface area contributed by atoms with Gasteiger partial charge in [-0.2, -0.15) is 5.26 Å². The fourth-order valence-electron chi connectivity index (χ4n) is 2.50. The molecule has 1 aliphatic heterocycles. The lowest BCUT2D eigenvalue weighted by atomic mass is 10.1. The van der Waals surface area contributed by atoms with Crippen LogP contribution in [0.2, 0.25) is 5.02 Å². The first-order valence-electron chi connectivity index (χ1n) is 8.20. The molecule has 0 atom stereocenters. The Labute approximate surface area is 156 Å². The maximum absolute atomic E-state index is 12.5. The summed E-state index contributed by atoms with van der Waals surface area (Å²) in [7, 11) is 0. The number of hydrogen-bond donors (Lipinski definition) is 1. The molecule has 5 nitrogen and oxygen atoms in total. The van der Waals surface area contributed by atoms with Gasteiger partial charge in [-0.1, -0.05) is 17.7 Å². The van der Waals surface area contributed by atoms with Gasteiger partial charge in [0.2, 0.25) is 0 Å². The first kappa shape index (κ1) is 17.8. The number of hydrogen-bond acceptors (Lipinski definition) is 4. The number of ether oxygens (including phenoxy) is 2. The highest BCUT2D eigenvalue weighted by atomic mass is 35.5. The van der Waals surface area contributed by atoms with Crippen molar-refractivity contribution in [2.24, 2.45) is 0 Å². The summed E-state index contributed by atoms with van der Waals surface area (Å²) in [5.41, 5.74) is 1.93. The second-order valence-corrected chi connectivity index (χ2v) is 6.17. The van der Waals surface area contributed by atoms with Gasteiger partial charge >= 0.3 is 0 Å². The first-order chi connectivity index (χ1) is 12.7. The maximum atomic E-state index is 12.5. The molecule has 0 fully saturated rings. The van der Waals surface area contributed by atoms with Crippen LogP contribution < -0.4 is 14.8 Å². The van der Waals surface area contributed by atoms with E-state index in [1.807, 2.05) is 6.07 Å². The van der Waals surface area contributed by atoms with Crippen LogP contribution in [0.1, 0.15) is 18.4 Å². The predicted molar refractivity (Wildman–Crippen MR) is 100 cm³/mol. The van der Waals surface area contributed by atoms with Crippen molar-refractivity contribution < 1.29 is 14.3 Å². The van der Waals surface area contributed by atoms with Gasteiger partial charge in [0, 0.05) is 28.8 Å². The van der Waals surface area contributed by atoms with E-state index in [1.165, 1.54) is 0 Å². The zero-order chi connectivity index (χ0) is 18.4. The van der Waals surface area contributed by atoms with Crippen LogP contribution in [0.25, 0.3) is 6.08 Å². The lowest BCUT2D eigenvalue weighted by Gasteiger charge is -2.18. The summed E-state index contributed by atoms with van der Waals surface area (Å²) in [6.45, 7) is 0.659. The number of amides is 1. The highest BCUT2D eigenvalue weighted by Crippen LogP contribution is 2.29. The fraction of sp³-hybridized carbons (Fsp3) is 0.200.